The average Bonchev–Trinajstić information content (AvgIpc) is 2.31. The van der Waals surface area contributed by atoms with Gasteiger partial charge in [0.2, 0.25) is 0 Å². The van der Waals surface area contributed by atoms with Crippen molar-refractivity contribution >= 4 is 0 Å². The Hall–Kier alpha value is -1.40. The van der Waals surface area contributed by atoms with E-state index in [0.717, 1.165) is 31.6 Å². The Kier molecular flexibility index (Phi) is 2.47. The van der Waals surface area contributed by atoms with Crippen molar-refractivity contribution in [3.63, 3.8) is 0 Å². The summed E-state index contributed by atoms with van der Waals surface area (Å²) in [7, 11) is 0. The lowest BCUT2D eigenvalue weighted by Crippen LogP contribution is -2.42. The van der Waals surface area contributed by atoms with Crippen molar-refractivity contribution in [3.05, 3.63) is 30.1 Å². The first-order chi connectivity index (χ1) is 6.87. The van der Waals surface area contributed by atoms with Gasteiger partial charge in [-0.2, -0.15) is 5.26 Å². The normalized spacial score (nSPS) is 26.8. The number of nitrogens with zero attached hydrogens (tertiary/aromatic N) is 2. The number of nitriles is 1. The number of rotatable bonds is 1. The zero-order valence-corrected chi connectivity index (χ0v) is 8.03. The molecule has 2 heterocycles. The summed E-state index contributed by atoms with van der Waals surface area (Å²) in [5.74, 6) is 0. The molecule has 1 aromatic heterocycles. The molecule has 72 valence electrons. The summed E-state index contributed by atoms with van der Waals surface area (Å²) in [6, 6.07) is 8.17. The molecular formula is C11H13N3. The van der Waals surface area contributed by atoms with Gasteiger partial charge in [0.05, 0.1) is 11.8 Å². The van der Waals surface area contributed by atoms with Crippen LogP contribution in [0.5, 0.6) is 0 Å². The van der Waals surface area contributed by atoms with E-state index < -0.39 is 5.41 Å². The van der Waals surface area contributed by atoms with Crippen LogP contribution in [0.1, 0.15) is 18.5 Å². The third-order valence-corrected chi connectivity index (χ3v) is 2.75. The zero-order chi connectivity index (χ0) is 9.86. The Balaban J connectivity index is 2.33. The molecule has 1 aliphatic heterocycles. The van der Waals surface area contributed by atoms with Crippen molar-refractivity contribution < 1.29 is 0 Å². The minimum Gasteiger partial charge on any atom is -0.315 e. The van der Waals surface area contributed by atoms with Crippen LogP contribution in [-0.4, -0.2) is 18.1 Å². The van der Waals surface area contributed by atoms with Gasteiger partial charge in [0.25, 0.3) is 0 Å². The van der Waals surface area contributed by atoms with Crippen molar-refractivity contribution in [2.75, 3.05) is 13.1 Å². The molecule has 1 unspecified atom stereocenters. The average molecular weight is 187 g/mol. The molecule has 0 spiro atoms. The molecule has 1 N–H and O–H groups in total. The summed E-state index contributed by atoms with van der Waals surface area (Å²) in [5.41, 5.74) is 0.495. The van der Waals surface area contributed by atoms with E-state index in [1.54, 1.807) is 6.20 Å². The first-order valence-electron chi connectivity index (χ1n) is 4.91. The van der Waals surface area contributed by atoms with Gasteiger partial charge in [-0.05, 0) is 31.5 Å². The first kappa shape index (κ1) is 9.17. The first-order valence-corrected chi connectivity index (χ1v) is 4.91. The van der Waals surface area contributed by atoms with Gasteiger partial charge >= 0.3 is 0 Å². The number of hydrogen-bond donors (Lipinski definition) is 1. The third kappa shape index (κ3) is 1.49. The fourth-order valence-corrected chi connectivity index (χ4v) is 1.92. The summed E-state index contributed by atoms with van der Waals surface area (Å²) in [6.45, 7) is 1.73. The van der Waals surface area contributed by atoms with Crippen LogP contribution in [0.2, 0.25) is 0 Å². The van der Waals surface area contributed by atoms with Crippen molar-refractivity contribution in [1.82, 2.24) is 10.3 Å². The molecular weight excluding hydrogens is 174 g/mol. The van der Waals surface area contributed by atoms with Crippen molar-refractivity contribution in [1.29, 1.82) is 5.26 Å². The standard InChI is InChI=1S/C11H13N3/c12-8-11(5-3-6-13-9-11)10-4-1-2-7-14-10/h1-2,4,7,13H,3,5-6,9H2. The number of hydrogen-bond acceptors (Lipinski definition) is 3. The lowest BCUT2D eigenvalue weighted by atomic mass is 9.79. The van der Waals surface area contributed by atoms with E-state index in [-0.39, 0.29) is 0 Å². The Morgan fingerprint density at radius 1 is 1.50 bits per heavy atom. The molecule has 0 amide bonds. The predicted molar refractivity (Wildman–Crippen MR) is 53.6 cm³/mol. The summed E-state index contributed by atoms with van der Waals surface area (Å²) >= 11 is 0. The molecule has 3 heteroatoms. The van der Waals surface area contributed by atoms with E-state index in [4.69, 9.17) is 0 Å². The van der Waals surface area contributed by atoms with E-state index in [2.05, 4.69) is 16.4 Å². The van der Waals surface area contributed by atoms with Gasteiger partial charge in [0.1, 0.15) is 5.41 Å². The van der Waals surface area contributed by atoms with Gasteiger partial charge in [-0.1, -0.05) is 6.07 Å². The molecule has 1 aromatic rings. The van der Waals surface area contributed by atoms with Gasteiger partial charge in [-0.25, -0.2) is 0 Å². The predicted octanol–water partition coefficient (Wildman–Crippen LogP) is 1.23. The summed E-state index contributed by atoms with van der Waals surface area (Å²) in [4.78, 5) is 4.28. The molecule has 0 radical (unpaired) electrons. The Morgan fingerprint density at radius 2 is 2.43 bits per heavy atom. The minimum absolute atomic E-state index is 0.403. The fourth-order valence-electron chi connectivity index (χ4n) is 1.92. The second kappa shape index (κ2) is 3.77. The molecule has 0 saturated carbocycles. The van der Waals surface area contributed by atoms with Crippen LogP contribution < -0.4 is 5.32 Å². The van der Waals surface area contributed by atoms with Crippen LogP contribution in [0.25, 0.3) is 0 Å². The van der Waals surface area contributed by atoms with Gasteiger partial charge in [0, 0.05) is 12.7 Å². The summed E-state index contributed by atoms with van der Waals surface area (Å²) in [6.07, 6.45) is 3.71. The van der Waals surface area contributed by atoms with Gasteiger partial charge in [-0.3, -0.25) is 4.98 Å². The van der Waals surface area contributed by atoms with Crippen molar-refractivity contribution in [2.45, 2.75) is 18.3 Å². The zero-order valence-electron chi connectivity index (χ0n) is 8.03. The van der Waals surface area contributed by atoms with Crippen molar-refractivity contribution in [3.8, 4) is 6.07 Å². The lowest BCUT2D eigenvalue weighted by Gasteiger charge is -2.30. The van der Waals surface area contributed by atoms with Crippen LogP contribution in [0.15, 0.2) is 24.4 Å². The van der Waals surface area contributed by atoms with Crippen LogP contribution >= 0.6 is 0 Å². The number of aromatic nitrogens is 1. The molecule has 1 fully saturated rings. The van der Waals surface area contributed by atoms with E-state index >= 15 is 0 Å². The molecule has 14 heavy (non-hydrogen) atoms. The number of pyridine rings is 1. The number of piperidine rings is 1. The largest absolute Gasteiger partial charge is 0.315 e. The molecule has 1 atom stereocenters. The smallest absolute Gasteiger partial charge is 0.112 e. The monoisotopic (exact) mass is 187 g/mol. The molecule has 0 bridgehead atoms. The molecule has 3 nitrogen and oxygen atoms in total. The van der Waals surface area contributed by atoms with Gasteiger partial charge in [-0.15, -0.1) is 0 Å². The van der Waals surface area contributed by atoms with Crippen LogP contribution in [0, 0.1) is 11.3 Å². The van der Waals surface area contributed by atoms with Gasteiger partial charge < -0.3 is 5.32 Å². The fraction of sp³-hybridized carbons (Fsp3) is 0.455. The van der Waals surface area contributed by atoms with E-state index in [1.807, 2.05) is 18.2 Å². The quantitative estimate of drug-likeness (QED) is 0.719. The Morgan fingerprint density at radius 3 is 3.00 bits per heavy atom. The second-order valence-electron chi connectivity index (χ2n) is 3.69. The van der Waals surface area contributed by atoms with Gasteiger partial charge in [0.15, 0.2) is 0 Å². The third-order valence-electron chi connectivity index (χ3n) is 2.75. The Labute approximate surface area is 83.8 Å². The van der Waals surface area contributed by atoms with Crippen molar-refractivity contribution in [2.24, 2.45) is 0 Å². The van der Waals surface area contributed by atoms with Crippen LogP contribution in [-0.2, 0) is 5.41 Å². The maximum Gasteiger partial charge on any atom is 0.112 e. The SMILES string of the molecule is N#CC1(c2ccccn2)CCCNC1. The molecule has 0 aromatic carbocycles. The molecule has 1 saturated heterocycles. The highest BCUT2D eigenvalue weighted by Crippen LogP contribution is 2.28. The van der Waals surface area contributed by atoms with Crippen LogP contribution in [0.4, 0.5) is 0 Å². The lowest BCUT2D eigenvalue weighted by molar-refractivity contribution is 0.378. The topological polar surface area (TPSA) is 48.7 Å². The molecule has 0 aliphatic carbocycles. The van der Waals surface area contributed by atoms with E-state index in [0.29, 0.717) is 0 Å². The summed E-state index contributed by atoms with van der Waals surface area (Å²) < 4.78 is 0. The van der Waals surface area contributed by atoms with E-state index in [9.17, 15) is 5.26 Å². The molecule has 1 aliphatic rings. The second-order valence-corrected chi connectivity index (χ2v) is 3.69. The highest BCUT2D eigenvalue weighted by Gasteiger charge is 2.35. The number of nitrogens with one attached hydrogen (secondary N) is 1. The highest BCUT2D eigenvalue weighted by atomic mass is 14.9. The van der Waals surface area contributed by atoms with Crippen LogP contribution in [0.3, 0.4) is 0 Å². The maximum absolute atomic E-state index is 9.26. The highest BCUT2D eigenvalue weighted by molar-refractivity contribution is 5.27. The Bertz CT molecular complexity index is 333. The summed E-state index contributed by atoms with van der Waals surface area (Å²) in [5, 5.41) is 12.5. The minimum atomic E-state index is -0.403. The molecule has 2 rings (SSSR count). The van der Waals surface area contributed by atoms with E-state index in [1.165, 1.54) is 0 Å². The maximum atomic E-state index is 9.26.